The van der Waals surface area contributed by atoms with Crippen LogP contribution in [0.3, 0.4) is 0 Å². The highest BCUT2D eigenvalue weighted by Gasteiger charge is 1.88. The molecule has 0 spiro atoms. The van der Waals surface area contributed by atoms with E-state index in [4.69, 9.17) is 21.2 Å². The number of hydrogen-bond acceptors (Lipinski definition) is 3. The van der Waals surface area contributed by atoms with E-state index in [-0.39, 0.29) is 0 Å². The maximum absolute atomic E-state index is 8.16. The van der Waals surface area contributed by atoms with Crippen LogP contribution in [-0.2, 0) is 9.47 Å². The van der Waals surface area contributed by atoms with Crippen molar-refractivity contribution in [3.8, 4) is 18.4 Å². The number of nitriles is 1. The lowest BCUT2D eigenvalue weighted by Crippen LogP contribution is -2.05. The van der Waals surface area contributed by atoms with Crippen molar-refractivity contribution in [3.05, 3.63) is 0 Å². The fourth-order valence-electron chi connectivity index (χ4n) is 0.571. The normalized spacial score (nSPS) is 8.83. The van der Waals surface area contributed by atoms with E-state index in [2.05, 4.69) is 5.92 Å². The lowest BCUT2D eigenvalue weighted by atomic mass is 10.5. The molecular weight excluding hydrogens is 154 g/mol. The molecule has 0 aromatic rings. The SMILES string of the molecule is C#CCCOCCOCCC#N. The first-order valence-corrected chi connectivity index (χ1v) is 3.87. The van der Waals surface area contributed by atoms with Gasteiger partial charge >= 0.3 is 0 Å². The Balaban J connectivity index is 2.84. The van der Waals surface area contributed by atoms with Crippen LogP contribution in [0.25, 0.3) is 0 Å². The molecule has 0 saturated carbocycles. The molecule has 3 nitrogen and oxygen atoms in total. The second kappa shape index (κ2) is 9.97. The molecule has 0 radical (unpaired) electrons. The van der Waals surface area contributed by atoms with Crippen LogP contribution in [0.2, 0.25) is 0 Å². The molecule has 0 aromatic heterocycles. The van der Waals surface area contributed by atoms with Gasteiger partial charge < -0.3 is 9.47 Å². The molecule has 3 heteroatoms. The monoisotopic (exact) mass is 167 g/mol. The molecule has 0 bridgehead atoms. The summed E-state index contributed by atoms with van der Waals surface area (Å²) >= 11 is 0. The van der Waals surface area contributed by atoms with Gasteiger partial charge in [0, 0.05) is 6.42 Å². The second-order valence-corrected chi connectivity index (χ2v) is 2.09. The summed E-state index contributed by atoms with van der Waals surface area (Å²) in [4.78, 5) is 0. The van der Waals surface area contributed by atoms with Crippen LogP contribution in [0.1, 0.15) is 12.8 Å². The highest BCUT2D eigenvalue weighted by Crippen LogP contribution is 1.83. The lowest BCUT2D eigenvalue weighted by Gasteiger charge is -2.01. The maximum Gasteiger partial charge on any atom is 0.0700 e. The van der Waals surface area contributed by atoms with Crippen molar-refractivity contribution in [3.63, 3.8) is 0 Å². The Kier molecular flexibility index (Phi) is 9.11. The molecule has 0 N–H and O–H groups in total. The average molecular weight is 167 g/mol. The third kappa shape index (κ3) is 8.97. The molecule has 0 heterocycles. The summed E-state index contributed by atoms with van der Waals surface area (Å²) in [5.74, 6) is 2.47. The number of ether oxygens (including phenoxy) is 2. The molecule has 0 aliphatic heterocycles. The van der Waals surface area contributed by atoms with Crippen molar-refractivity contribution >= 4 is 0 Å². The summed E-state index contributed by atoms with van der Waals surface area (Å²) in [6.07, 6.45) is 6.08. The molecule has 0 saturated heterocycles. The van der Waals surface area contributed by atoms with Crippen LogP contribution in [0, 0.1) is 23.7 Å². The van der Waals surface area contributed by atoms with E-state index in [1.165, 1.54) is 0 Å². The predicted octanol–water partition coefficient (Wildman–Crippen LogP) is 0.957. The minimum atomic E-state index is 0.435. The first-order chi connectivity index (χ1) is 5.91. The van der Waals surface area contributed by atoms with Crippen molar-refractivity contribution in [1.29, 1.82) is 5.26 Å². The van der Waals surface area contributed by atoms with Crippen molar-refractivity contribution < 1.29 is 9.47 Å². The molecule has 0 rings (SSSR count). The molecule has 0 fully saturated rings. The van der Waals surface area contributed by atoms with Gasteiger partial charge in [-0.05, 0) is 0 Å². The maximum atomic E-state index is 8.16. The molecule has 0 unspecified atom stereocenters. The van der Waals surface area contributed by atoms with Crippen LogP contribution in [0.5, 0.6) is 0 Å². The summed E-state index contributed by atoms with van der Waals surface area (Å²) in [6, 6.07) is 1.99. The Labute approximate surface area is 73.3 Å². The molecule has 0 amide bonds. The Bertz CT molecular complexity index is 146. The average Bonchev–Trinajstić information content (AvgIpc) is 2.10. The molecule has 12 heavy (non-hydrogen) atoms. The fraction of sp³-hybridized carbons (Fsp3) is 0.667. The Morgan fingerprint density at radius 2 is 1.58 bits per heavy atom. The van der Waals surface area contributed by atoms with Gasteiger partial charge in [0.25, 0.3) is 0 Å². The van der Waals surface area contributed by atoms with Gasteiger partial charge in [-0.25, -0.2) is 0 Å². The zero-order valence-electron chi connectivity index (χ0n) is 7.08. The fourth-order valence-corrected chi connectivity index (χ4v) is 0.571. The molecule has 66 valence electrons. The van der Waals surface area contributed by atoms with Crippen molar-refractivity contribution in [2.75, 3.05) is 26.4 Å². The van der Waals surface area contributed by atoms with E-state index >= 15 is 0 Å². The van der Waals surface area contributed by atoms with E-state index < -0.39 is 0 Å². The second-order valence-electron chi connectivity index (χ2n) is 2.09. The van der Waals surface area contributed by atoms with Gasteiger partial charge in [0.15, 0.2) is 0 Å². The Morgan fingerprint density at radius 1 is 1.00 bits per heavy atom. The molecular formula is C9H13NO2. The van der Waals surface area contributed by atoms with Gasteiger partial charge in [0.1, 0.15) is 0 Å². The standard InChI is InChI=1S/C9H13NO2/c1-2-3-6-11-8-9-12-7-4-5-10/h1H,3-4,6-9H2. The molecule has 0 atom stereocenters. The quantitative estimate of drug-likeness (QED) is 0.419. The smallest absolute Gasteiger partial charge is 0.0700 e. The summed E-state index contributed by atoms with van der Waals surface area (Å²) in [7, 11) is 0. The van der Waals surface area contributed by atoms with Gasteiger partial charge in [-0.3, -0.25) is 0 Å². The zero-order chi connectivity index (χ0) is 9.07. The zero-order valence-corrected chi connectivity index (χ0v) is 7.08. The van der Waals surface area contributed by atoms with Gasteiger partial charge in [-0.15, -0.1) is 12.3 Å². The summed E-state index contributed by atoms with van der Waals surface area (Å²) in [6.45, 7) is 2.15. The van der Waals surface area contributed by atoms with Crippen LogP contribution in [0.15, 0.2) is 0 Å². The van der Waals surface area contributed by atoms with Crippen molar-refractivity contribution in [2.24, 2.45) is 0 Å². The van der Waals surface area contributed by atoms with Crippen molar-refractivity contribution in [2.45, 2.75) is 12.8 Å². The minimum Gasteiger partial charge on any atom is -0.378 e. The Hall–Kier alpha value is -1.03. The number of nitrogens with zero attached hydrogens (tertiary/aromatic N) is 1. The van der Waals surface area contributed by atoms with Crippen LogP contribution < -0.4 is 0 Å². The van der Waals surface area contributed by atoms with E-state index in [9.17, 15) is 0 Å². The minimum absolute atomic E-state index is 0.435. The largest absolute Gasteiger partial charge is 0.378 e. The first kappa shape index (κ1) is 11.0. The number of hydrogen-bond donors (Lipinski definition) is 0. The van der Waals surface area contributed by atoms with Crippen LogP contribution in [0.4, 0.5) is 0 Å². The lowest BCUT2D eigenvalue weighted by molar-refractivity contribution is 0.0521. The first-order valence-electron chi connectivity index (χ1n) is 3.87. The van der Waals surface area contributed by atoms with Crippen LogP contribution >= 0.6 is 0 Å². The third-order valence-corrected chi connectivity index (χ3v) is 1.12. The van der Waals surface area contributed by atoms with E-state index in [0.717, 1.165) is 0 Å². The highest BCUT2D eigenvalue weighted by atomic mass is 16.5. The number of rotatable bonds is 7. The summed E-state index contributed by atoms with van der Waals surface area (Å²) in [5.41, 5.74) is 0. The molecule has 0 aromatic carbocycles. The van der Waals surface area contributed by atoms with Gasteiger partial charge in [0.2, 0.25) is 0 Å². The predicted molar refractivity (Wildman–Crippen MR) is 45.3 cm³/mol. The van der Waals surface area contributed by atoms with Crippen LogP contribution in [-0.4, -0.2) is 26.4 Å². The topological polar surface area (TPSA) is 42.2 Å². The highest BCUT2D eigenvalue weighted by molar-refractivity contribution is 4.82. The number of terminal acetylenes is 1. The van der Waals surface area contributed by atoms with E-state index in [1.54, 1.807) is 0 Å². The summed E-state index contributed by atoms with van der Waals surface area (Å²) in [5, 5.41) is 8.16. The van der Waals surface area contributed by atoms with Gasteiger partial charge in [-0.2, -0.15) is 5.26 Å². The van der Waals surface area contributed by atoms with Gasteiger partial charge in [0.05, 0.1) is 38.9 Å². The molecule has 0 aliphatic rings. The van der Waals surface area contributed by atoms with Crippen molar-refractivity contribution in [1.82, 2.24) is 0 Å². The van der Waals surface area contributed by atoms with Gasteiger partial charge in [-0.1, -0.05) is 0 Å². The van der Waals surface area contributed by atoms with E-state index in [0.29, 0.717) is 39.3 Å². The summed E-state index contributed by atoms with van der Waals surface area (Å²) < 4.78 is 10.2. The third-order valence-electron chi connectivity index (χ3n) is 1.12. The van der Waals surface area contributed by atoms with E-state index in [1.807, 2.05) is 6.07 Å². The Morgan fingerprint density at radius 3 is 2.08 bits per heavy atom. The molecule has 0 aliphatic carbocycles.